The Labute approximate surface area is 99.4 Å². The van der Waals surface area contributed by atoms with Crippen LogP contribution < -0.4 is 5.73 Å². The number of rotatable bonds is 2. The summed E-state index contributed by atoms with van der Waals surface area (Å²) in [4.78, 5) is 4.39. The maximum Gasteiger partial charge on any atom is 0.0422 e. The third-order valence-electron chi connectivity index (χ3n) is 3.21. The fourth-order valence-corrected chi connectivity index (χ4v) is 2.70. The predicted molar refractivity (Wildman–Crippen MR) is 65.6 cm³/mol. The zero-order valence-electron chi connectivity index (χ0n) is 9.04. The van der Waals surface area contributed by atoms with Crippen molar-refractivity contribution in [2.45, 2.75) is 38.1 Å². The van der Waals surface area contributed by atoms with E-state index >= 15 is 0 Å². The first kappa shape index (κ1) is 11.1. The van der Waals surface area contributed by atoms with E-state index in [1.165, 1.54) is 6.42 Å². The van der Waals surface area contributed by atoms with E-state index in [-0.39, 0.29) is 5.54 Å². The summed E-state index contributed by atoms with van der Waals surface area (Å²) in [5.41, 5.74) is 7.46. The molecule has 82 valence electrons. The van der Waals surface area contributed by atoms with Crippen molar-refractivity contribution >= 4 is 15.9 Å². The number of nitrogens with zero attached hydrogens (tertiary/aromatic N) is 1. The molecule has 0 aliphatic heterocycles. The van der Waals surface area contributed by atoms with E-state index in [1.54, 1.807) is 0 Å². The molecule has 1 aliphatic rings. The molecule has 3 heteroatoms. The minimum absolute atomic E-state index is 0.0136. The fraction of sp³-hybridized carbons (Fsp3) is 0.583. The molecule has 2 N–H and O–H groups in total. The normalized spacial score (nSPS) is 30.7. The van der Waals surface area contributed by atoms with Gasteiger partial charge in [0.15, 0.2) is 0 Å². The molecule has 1 fully saturated rings. The maximum absolute atomic E-state index is 6.37. The summed E-state index contributed by atoms with van der Waals surface area (Å²) in [6.07, 6.45) is 6.27. The second-order valence-electron chi connectivity index (χ2n) is 4.85. The smallest absolute Gasteiger partial charge is 0.0422 e. The van der Waals surface area contributed by atoms with E-state index in [9.17, 15) is 0 Å². The van der Waals surface area contributed by atoms with Gasteiger partial charge in [0.2, 0.25) is 0 Å². The number of hydrogen-bond acceptors (Lipinski definition) is 2. The number of aromatic nitrogens is 1. The van der Waals surface area contributed by atoms with E-state index in [0.29, 0.717) is 0 Å². The van der Waals surface area contributed by atoms with Crippen LogP contribution in [0.15, 0.2) is 22.8 Å². The molecule has 0 radical (unpaired) electrons. The quantitative estimate of drug-likeness (QED) is 0.896. The van der Waals surface area contributed by atoms with Crippen LogP contribution in [0.5, 0.6) is 0 Å². The van der Waals surface area contributed by atoms with Gasteiger partial charge in [0, 0.05) is 28.3 Å². The Morgan fingerprint density at radius 2 is 2.40 bits per heavy atom. The average Bonchev–Trinajstić information content (AvgIpc) is 2.50. The third-order valence-corrected chi connectivity index (χ3v) is 3.68. The maximum atomic E-state index is 6.37. The van der Waals surface area contributed by atoms with Crippen molar-refractivity contribution in [2.24, 2.45) is 11.7 Å². The Morgan fingerprint density at radius 3 is 2.93 bits per heavy atom. The molecule has 2 rings (SSSR count). The number of nitrogens with two attached hydrogens (primary N) is 1. The molecule has 15 heavy (non-hydrogen) atoms. The van der Waals surface area contributed by atoms with Crippen LogP contribution in [0.4, 0.5) is 0 Å². The van der Waals surface area contributed by atoms with Crippen LogP contribution in [0.3, 0.4) is 0 Å². The van der Waals surface area contributed by atoms with Gasteiger partial charge in [0.25, 0.3) is 0 Å². The number of halogens is 1. The topological polar surface area (TPSA) is 38.9 Å². The molecule has 0 saturated heterocycles. The van der Waals surface area contributed by atoms with Crippen LogP contribution >= 0.6 is 15.9 Å². The lowest BCUT2D eigenvalue weighted by molar-refractivity contribution is 0.415. The van der Waals surface area contributed by atoms with Gasteiger partial charge in [-0.25, -0.2) is 0 Å². The molecule has 1 heterocycles. The van der Waals surface area contributed by atoms with Gasteiger partial charge in [0.05, 0.1) is 0 Å². The SMILES string of the molecule is CC1CCC(N)(Cc2ccc(Br)cn2)C1. The zero-order valence-corrected chi connectivity index (χ0v) is 10.6. The molecule has 2 unspecified atom stereocenters. The molecule has 0 aromatic carbocycles. The summed E-state index contributed by atoms with van der Waals surface area (Å²) in [5, 5.41) is 0. The van der Waals surface area contributed by atoms with Crippen molar-refractivity contribution in [1.29, 1.82) is 0 Å². The number of hydrogen-bond donors (Lipinski definition) is 1. The van der Waals surface area contributed by atoms with Gasteiger partial charge in [-0.3, -0.25) is 4.98 Å². The summed E-state index contributed by atoms with van der Waals surface area (Å²) in [5.74, 6) is 0.769. The van der Waals surface area contributed by atoms with Gasteiger partial charge in [-0.05, 0) is 53.2 Å². The highest BCUT2D eigenvalue weighted by atomic mass is 79.9. The second-order valence-corrected chi connectivity index (χ2v) is 5.77. The zero-order chi connectivity index (χ0) is 10.9. The molecule has 1 saturated carbocycles. The monoisotopic (exact) mass is 268 g/mol. The fourth-order valence-electron chi connectivity index (χ4n) is 2.46. The summed E-state index contributed by atoms with van der Waals surface area (Å²) in [6.45, 7) is 2.28. The molecule has 0 bridgehead atoms. The lowest BCUT2D eigenvalue weighted by atomic mass is 9.91. The van der Waals surface area contributed by atoms with E-state index in [1.807, 2.05) is 12.3 Å². The molecule has 0 spiro atoms. The summed E-state index contributed by atoms with van der Waals surface area (Å²) in [7, 11) is 0. The van der Waals surface area contributed by atoms with Crippen molar-refractivity contribution in [3.63, 3.8) is 0 Å². The minimum atomic E-state index is -0.0136. The summed E-state index contributed by atoms with van der Waals surface area (Å²) >= 11 is 3.39. The van der Waals surface area contributed by atoms with Crippen LogP contribution in [0.25, 0.3) is 0 Å². The largest absolute Gasteiger partial charge is 0.325 e. The van der Waals surface area contributed by atoms with Crippen molar-refractivity contribution in [3.8, 4) is 0 Å². The van der Waals surface area contributed by atoms with Gasteiger partial charge in [-0.2, -0.15) is 0 Å². The molecule has 1 aromatic heterocycles. The van der Waals surface area contributed by atoms with E-state index in [4.69, 9.17) is 5.73 Å². The Bertz CT molecular complexity index is 336. The highest BCUT2D eigenvalue weighted by Crippen LogP contribution is 2.34. The van der Waals surface area contributed by atoms with Gasteiger partial charge in [-0.1, -0.05) is 6.92 Å². The molecule has 0 amide bonds. The first-order valence-corrected chi connectivity index (χ1v) is 6.26. The Hall–Kier alpha value is -0.410. The van der Waals surface area contributed by atoms with Gasteiger partial charge in [0.1, 0.15) is 0 Å². The van der Waals surface area contributed by atoms with Crippen molar-refractivity contribution in [2.75, 3.05) is 0 Å². The van der Waals surface area contributed by atoms with Gasteiger partial charge < -0.3 is 5.73 Å². The molecule has 1 aliphatic carbocycles. The highest BCUT2D eigenvalue weighted by Gasteiger charge is 2.33. The Morgan fingerprint density at radius 1 is 1.60 bits per heavy atom. The molecule has 1 aromatic rings. The highest BCUT2D eigenvalue weighted by molar-refractivity contribution is 9.10. The second kappa shape index (κ2) is 4.22. The molecular formula is C12H17BrN2. The minimum Gasteiger partial charge on any atom is -0.325 e. The summed E-state index contributed by atoms with van der Waals surface area (Å²) < 4.78 is 1.03. The lowest BCUT2D eigenvalue weighted by Crippen LogP contribution is -2.39. The standard InChI is InChI=1S/C12H17BrN2/c1-9-4-5-12(14,6-9)7-11-3-2-10(13)8-15-11/h2-3,8-9H,4-7,14H2,1H3. The third kappa shape index (κ3) is 2.79. The van der Waals surface area contributed by atoms with Crippen molar-refractivity contribution in [1.82, 2.24) is 4.98 Å². The number of pyridine rings is 1. The van der Waals surface area contributed by atoms with Crippen LogP contribution in [-0.4, -0.2) is 10.5 Å². The van der Waals surface area contributed by atoms with Crippen molar-refractivity contribution < 1.29 is 0 Å². The van der Waals surface area contributed by atoms with Crippen LogP contribution in [0.2, 0.25) is 0 Å². The van der Waals surface area contributed by atoms with E-state index in [2.05, 4.69) is 33.9 Å². The van der Waals surface area contributed by atoms with E-state index in [0.717, 1.165) is 35.3 Å². The molecular weight excluding hydrogens is 252 g/mol. The van der Waals surface area contributed by atoms with Crippen LogP contribution in [0.1, 0.15) is 31.9 Å². The lowest BCUT2D eigenvalue weighted by Gasteiger charge is -2.23. The van der Waals surface area contributed by atoms with Crippen molar-refractivity contribution in [3.05, 3.63) is 28.5 Å². The van der Waals surface area contributed by atoms with Gasteiger partial charge in [-0.15, -0.1) is 0 Å². The Balaban J connectivity index is 2.05. The van der Waals surface area contributed by atoms with Crippen LogP contribution in [0, 0.1) is 5.92 Å². The average molecular weight is 269 g/mol. The van der Waals surface area contributed by atoms with Gasteiger partial charge >= 0.3 is 0 Å². The van der Waals surface area contributed by atoms with Crippen LogP contribution in [-0.2, 0) is 6.42 Å². The first-order valence-electron chi connectivity index (χ1n) is 5.47. The first-order chi connectivity index (χ1) is 7.07. The predicted octanol–water partition coefficient (Wildman–Crippen LogP) is 2.90. The molecule has 2 atom stereocenters. The van der Waals surface area contributed by atoms with E-state index < -0.39 is 0 Å². The summed E-state index contributed by atoms with van der Waals surface area (Å²) in [6, 6.07) is 4.09. The Kier molecular flexibility index (Phi) is 3.12. The molecule has 2 nitrogen and oxygen atoms in total.